The van der Waals surface area contributed by atoms with E-state index >= 15 is 0 Å². The van der Waals surface area contributed by atoms with Crippen LogP contribution in [0.3, 0.4) is 0 Å². The molecular formula is C16H22N2. The number of unbranched alkanes of at least 4 members (excludes halogenated alkanes) is 2. The third kappa shape index (κ3) is 6.23. The van der Waals surface area contributed by atoms with Crippen molar-refractivity contribution < 1.29 is 0 Å². The molecule has 0 saturated carbocycles. The van der Waals surface area contributed by atoms with Crippen LogP contribution >= 0.6 is 0 Å². The molecule has 0 aliphatic carbocycles. The standard InChI is InChI=1S/C16H22N2/c1-3-5-7-8-9-10-11-13-15-16(17-18-16)14-12-6-4-2/h2,7-8,10,13H,3,5-6,9,12,14-15H2,1H3/b8-7-. The first-order valence-electron chi connectivity index (χ1n) is 6.75. The van der Waals surface area contributed by atoms with Crippen LogP contribution in [0, 0.1) is 12.3 Å². The Hall–Kier alpha value is -1.58. The molecule has 1 aliphatic rings. The van der Waals surface area contributed by atoms with Crippen LogP contribution in [-0.4, -0.2) is 5.66 Å². The van der Waals surface area contributed by atoms with Gasteiger partial charge in [-0.1, -0.05) is 25.5 Å². The van der Waals surface area contributed by atoms with Crippen LogP contribution in [0.1, 0.15) is 51.9 Å². The molecule has 1 aliphatic heterocycles. The van der Waals surface area contributed by atoms with E-state index in [-0.39, 0.29) is 5.66 Å². The summed E-state index contributed by atoms with van der Waals surface area (Å²) in [7, 11) is 0. The predicted octanol–water partition coefficient (Wildman–Crippen LogP) is 4.80. The highest BCUT2D eigenvalue weighted by Crippen LogP contribution is 2.37. The van der Waals surface area contributed by atoms with Crippen LogP contribution in [0.25, 0.3) is 0 Å². The van der Waals surface area contributed by atoms with Crippen LogP contribution in [0.15, 0.2) is 40.3 Å². The van der Waals surface area contributed by atoms with E-state index in [1.165, 1.54) is 6.42 Å². The third-order valence-corrected chi connectivity index (χ3v) is 2.82. The first kappa shape index (κ1) is 14.5. The second kappa shape index (κ2) is 8.50. The summed E-state index contributed by atoms with van der Waals surface area (Å²) < 4.78 is 0. The Bertz CT molecular complexity index is 384. The van der Waals surface area contributed by atoms with Gasteiger partial charge in [-0.15, -0.1) is 18.1 Å². The van der Waals surface area contributed by atoms with E-state index < -0.39 is 0 Å². The minimum absolute atomic E-state index is 0.157. The highest BCUT2D eigenvalue weighted by Gasteiger charge is 2.37. The Balaban J connectivity index is 2.15. The summed E-state index contributed by atoms with van der Waals surface area (Å²) in [5, 5.41) is 8.24. The van der Waals surface area contributed by atoms with E-state index in [9.17, 15) is 0 Å². The van der Waals surface area contributed by atoms with Gasteiger partial charge in [0.2, 0.25) is 0 Å². The molecule has 2 heteroatoms. The van der Waals surface area contributed by atoms with Crippen molar-refractivity contribution in [3.05, 3.63) is 30.0 Å². The van der Waals surface area contributed by atoms with Crippen LogP contribution in [0.4, 0.5) is 0 Å². The monoisotopic (exact) mass is 242 g/mol. The fourth-order valence-electron chi connectivity index (χ4n) is 1.65. The number of hydrogen-bond donors (Lipinski definition) is 0. The van der Waals surface area contributed by atoms with E-state index in [1.807, 2.05) is 12.2 Å². The second-order valence-corrected chi connectivity index (χ2v) is 4.51. The van der Waals surface area contributed by atoms with Crippen LogP contribution in [0.2, 0.25) is 0 Å². The molecule has 18 heavy (non-hydrogen) atoms. The predicted molar refractivity (Wildman–Crippen MR) is 76.2 cm³/mol. The molecular weight excluding hydrogens is 220 g/mol. The molecule has 2 nitrogen and oxygen atoms in total. The van der Waals surface area contributed by atoms with Gasteiger partial charge in [0.1, 0.15) is 0 Å². The Kier molecular flexibility index (Phi) is 6.84. The van der Waals surface area contributed by atoms with Gasteiger partial charge in [-0.25, -0.2) is 0 Å². The molecule has 0 spiro atoms. The maximum atomic E-state index is 5.23. The van der Waals surface area contributed by atoms with Crippen molar-refractivity contribution in [2.75, 3.05) is 0 Å². The van der Waals surface area contributed by atoms with Crippen molar-refractivity contribution in [2.45, 2.75) is 57.5 Å². The van der Waals surface area contributed by atoms with E-state index in [1.54, 1.807) is 0 Å². The summed E-state index contributed by atoms with van der Waals surface area (Å²) >= 11 is 0. The Morgan fingerprint density at radius 1 is 1.22 bits per heavy atom. The molecule has 0 saturated heterocycles. The summed E-state index contributed by atoms with van der Waals surface area (Å²) in [6.07, 6.45) is 20.6. The molecule has 0 N–H and O–H groups in total. The van der Waals surface area contributed by atoms with Gasteiger partial charge < -0.3 is 0 Å². The molecule has 0 bridgehead atoms. The van der Waals surface area contributed by atoms with Crippen molar-refractivity contribution >= 4 is 0 Å². The van der Waals surface area contributed by atoms with E-state index in [0.29, 0.717) is 0 Å². The van der Waals surface area contributed by atoms with Gasteiger partial charge in [-0.3, -0.25) is 0 Å². The van der Waals surface area contributed by atoms with E-state index in [4.69, 9.17) is 6.42 Å². The van der Waals surface area contributed by atoms with Gasteiger partial charge in [0.25, 0.3) is 0 Å². The lowest BCUT2D eigenvalue weighted by Gasteiger charge is -2.04. The first-order valence-corrected chi connectivity index (χ1v) is 6.75. The molecule has 96 valence electrons. The minimum Gasteiger partial charge on any atom is -0.159 e. The van der Waals surface area contributed by atoms with Crippen LogP contribution < -0.4 is 0 Å². The van der Waals surface area contributed by atoms with Crippen molar-refractivity contribution in [3.8, 4) is 12.3 Å². The molecule has 0 unspecified atom stereocenters. The first-order chi connectivity index (χ1) is 8.83. The largest absolute Gasteiger partial charge is 0.195 e. The third-order valence-electron chi connectivity index (χ3n) is 2.82. The van der Waals surface area contributed by atoms with Crippen molar-refractivity contribution in [2.24, 2.45) is 10.2 Å². The van der Waals surface area contributed by atoms with Crippen molar-refractivity contribution in [1.29, 1.82) is 0 Å². The Morgan fingerprint density at radius 2 is 2.06 bits per heavy atom. The topological polar surface area (TPSA) is 24.7 Å². The fourth-order valence-corrected chi connectivity index (χ4v) is 1.65. The highest BCUT2D eigenvalue weighted by molar-refractivity contribution is 5.02. The Labute approximate surface area is 111 Å². The van der Waals surface area contributed by atoms with Crippen molar-refractivity contribution in [3.63, 3.8) is 0 Å². The molecule has 0 aromatic rings. The zero-order valence-corrected chi connectivity index (χ0v) is 11.2. The molecule has 1 rings (SSSR count). The summed E-state index contributed by atoms with van der Waals surface area (Å²) in [6.45, 7) is 2.18. The maximum absolute atomic E-state index is 5.23. The van der Waals surface area contributed by atoms with Crippen molar-refractivity contribution in [1.82, 2.24) is 0 Å². The van der Waals surface area contributed by atoms with Crippen LogP contribution in [0.5, 0.6) is 0 Å². The molecule has 0 amide bonds. The van der Waals surface area contributed by atoms with E-state index in [2.05, 4.69) is 41.0 Å². The van der Waals surface area contributed by atoms with Gasteiger partial charge >= 0.3 is 0 Å². The minimum atomic E-state index is -0.157. The van der Waals surface area contributed by atoms with Gasteiger partial charge in [0.15, 0.2) is 5.66 Å². The number of nitrogens with zero attached hydrogens (tertiary/aromatic N) is 2. The SMILES string of the molecule is C#CCCCC1(CC=C=CC/C=C\CCC)N=N1. The lowest BCUT2D eigenvalue weighted by atomic mass is 10.0. The van der Waals surface area contributed by atoms with Crippen LogP contribution in [-0.2, 0) is 0 Å². The Morgan fingerprint density at radius 3 is 2.72 bits per heavy atom. The average Bonchev–Trinajstić information content (AvgIpc) is 3.13. The molecule has 0 aromatic carbocycles. The number of allylic oxidation sites excluding steroid dienone is 2. The van der Waals surface area contributed by atoms with E-state index in [0.717, 1.165) is 38.5 Å². The summed E-state index contributed by atoms with van der Waals surface area (Å²) in [4.78, 5) is 0. The smallest absolute Gasteiger partial charge is 0.159 e. The fraction of sp³-hybridized carbons (Fsp3) is 0.562. The molecule has 1 heterocycles. The lowest BCUT2D eigenvalue weighted by molar-refractivity contribution is 0.535. The van der Waals surface area contributed by atoms with Gasteiger partial charge in [0.05, 0.1) is 0 Å². The van der Waals surface area contributed by atoms with Gasteiger partial charge in [0, 0.05) is 12.8 Å². The molecule has 0 radical (unpaired) electrons. The summed E-state index contributed by atoms with van der Waals surface area (Å²) in [5.41, 5.74) is 3.03. The summed E-state index contributed by atoms with van der Waals surface area (Å²) in [5.74, 6) is 2.65. The average molecular weight is 242 g/mol. The summed E-state index contributed by atoms with van der Waals surface area (Å²) in [6, 6.07) is 0. The lowest BCUT2D eigenvalue weighted by Crippen LogP contribution is -2.08. The number of rotatable bonds is 9. The van der Waals surface area contributed by atoms with Gasteiger partial charge in [-0.2, -0.15) is 10.2 Å². The molecule has 0 aromatic heterocycles. The highest BCUT2D eigenvalue weighted by atomic mass is 15.4. The quantitative estimate of drug-likeness (QED) is 0.240. The second-order valence-electron chi connectivity index (χ2n) is 4.51. The van der Waals surface area contributed by atoms with Gasteiger partial charge in [-0.05, 0) is 37.8 Å². The maximum Gasteiger partial charge on any atom is 0.195 e. The normalized spacial score (nSPS) is 15.1. The number of terminal acetylenes is 1. The molecule has 0 atom stereocenters. The zero-order valence-electron chi connectivity index (χ0n) is 11.2. The zero-order chi connectivity index (χ0) is 13.1. The number of hydrogen-bond acceptors (Lipinski definition) is 2. The molecule has 0 fully saturated rings.